The lowest BCUT2D eigenvalue weighted by Crippen LogP contribution is -2.43. The fourth-order valence-electron chi connectivity index (χ4n) is 3.64. The molecule has 0 spiro atoms. The highest BCUT2D eigenvalue weighted by atomic mass is 19.1. The van der Waals surface area contributed by atoms with Gasteiger partial charge in [-0.3, -0.25) is 0 Å². The van der Waals surface area contributed by atoms with Crippen LogP contribution in [0.15, 0.2) is 72.8 Å². The lowest BCUT2D eigenvalue weighted by atomic mass is 10.00. The molecule has 1 aliphatic heterocycles. The predicted octanol–water partition coefficient (Wildman–Crippen LogP) is 6.08. The van der Waals surface area contributed by atoms with Crippen molar-refractivity contribution in [3.63, 3.8) is 0 Å². The van der Waals surface area contributed by atoms with Gasteiger partial charge in [0.2, 0.25) is 0 Å². The Bertz CT molecular complexity index is 1050. The van der Waals surface area contributed by atoms with Crippen LogP contribution in [0.25, 0.3) is 11.1 Å². The highest BCUT2D eigenvalue weighted by molar-refractivity contribution is 5.69. The van der Waals surface area contributed by atoms with Gasteiger partial charge in [-0.1, -0.05) is 42.5 Å². The van der Waals surface area contributed by atoms with E-state index in [1.807, 2.05) is 19.1 Å². The predicted molar refractivity (Wildman–Crippen MR) is 122 cm³/mol. The molecule has 3 aromatic carbocycles. The summed E-state index contributed by atoms with van der Waals surface area (Å²) in [6, 6.07) is 18.5. The van der Waals surface area contributed by atoms with Gasteiger partial charge in [-0.2, -0.15) is 0 Å². The highest BCUT2D eigenvalue weighted by Crippen LogP contribution is 2.29. The van der Waals surface area contributed by atoms with Crippen LogP contribution in [-0.4, -0.2) is 30.2 Å². The number of nitrogens with two attached hydrogens (primary N) is 1. The first-order chi connectivity index (χ1) is 15.9. The Hall–Kier alpha value is -3.32. The van der Waals surface area contributed by atoms with E-state index in [1.54, 1.807) is 35.2 Å². The minimum absolute atomic E-state index is 0.111. The maximum Gasteiger partial charge on any atom is 0.410 e. The van der Waals surface area contributed by atoms with Gasteiger partial charge in [0.1, 0.15) is 23.6 Å². The number of cyclic esters (lactones) is 1. The van der Waals surface area contributed by atoms with Gasteiger partial charge in [-0.15, -0.1) is 0 Å². The van der Waals surface area contributed by atoms with Crippen LogP contribution in [0, 0.1) is 17.5 Å². The molecule has 1 heterocycles. The monoisotopic (exact) mass is 456 g/mol. The Kier molecular flexibility index (Phi) is 8.49. The van der Waals surface area contributed by atoms with Gasteiger partial charge in [0.15, 0.2) is 0 Å². The molecule has 0 aliphatic carbocycles. The van der Waals surface area contributed by atoms with Crippen molar-refractivity contribution in [2.75, 3.05) is 13.1 Å². The second-order valence-electron chi connectivity index (χ2n) is 7.78. The average Bonchev–Trinajstić information content (AvgIpc) is 2.80. The summed E-state index contributed by atoms with van der Waals surface area (Å²) < 4.78 is 44.3. The third-order valence-electron chi connectivity index (χ3n) is 5.52. The molecule has 4 rings (SSSR count). The van der Waals surface area contributed by atoms with Gasteiger partial charge in [0.05, 0.1) is 6.04 Å². The van der Waals surface area contributed by atoms with E-state index in [0.29, 0.717) is 30.6 Å². The molecule has 4 nitrogen and oxygen atoms in total. The van der Waals surface area contributed by atoms with E-state index < -0.39 is 11.6 Å². The van der Waals surface area contributed by atoms with Crippen molar-refractivity contribution in [2.24, 2.45) is 5.73 Å². The molecule has 33 heavy (non-hydrogen) atoms. The zero-order chi connectivity index (χ0) is 23.8. The van der Waals surface area contributed by atoms with Gasteiger partial charge in [-0.05, 0) is 55.3 Å². The second-order valence-corrected chi connectivity index (χ2v) is 7.78. The first-order valence-electron chi connectivity index (χ1n) is 10.8. The molecule has 2 atom stereocenters. The second kappa shape index (κ2) is 11.5. The van der Waals surface area contributed by atoms with Crippen molar-refractivity contribution < 1.29 is 22.7 Å². The molecular weight excluding hydrogens is 429 g/mol. The average molecular weight is 457 g/mol. The largest absolute Gasteiger partial charge is 0.446 e. The topological polar surface area (TPSA) is 55.6 Å². The minimum Gasteiger partial charge on any atom is -0.446 e. The Labute approximate surface area is 191 Å². The van der Waals surface area contributed by atoms with Gasteiger partial charge >= 0.3 is 6.09 Å². The van der Waals surface area contributed by atoms with Gasteiger partial charge in [0.25, 0.3) is 0 Å². The number of carbonyl (C=O) groups excluding carboxylic acids is 1. The van der Waals surface area contributed by atoms with Gasteiger partial charge < -0.3 is 15.4 Å². The maximum absolute atomic E-state index is 13.9. The Morgan fingerprint density at radius 1 is 1.00 bits per heavy atom. The number of carbonyl (C=O) groups is 1. The highest BCUT2D eigenvalue weighted by Gasteiger charge is 2.30. The third-order valence-corrected chi connectivity index (χ3v) is 5.52. The van der Waals surface area contributed by atoms with Crippen LogP contribution in [0.1, 0.15) is 31.4 Å². The molecule has 174 valence electrons. The molecule has 0 radical (unpaired) electrons. The van der Waals surface area contributed by atoms with Crippen LogP contribution in [0.5, 0.6) is 0 Å². The molecule has 1 saturated heterocycles. The fourth-order valence-corrected chi connectivity index (χ4v) is 3.64. The normalized spacial score (nSPS) is 16.5. The number of nitrogens with zero attached hydrogens (tertiary/aromatic N) is 1. The first-order valence-corrected chi connectivity index (χ1v) is 10.8. The molecular formula is C26H27F3N2O2. The Morgan fingerprint density at radius 3 is 2.24 bits per heavy atom. The lowest BCUT2D eigenvalue weighted by molar-refractivity contribution is 0.0110. The van der Waals surface area contributed by atoms with Crippen LogP contribution in [0.2, 0.25) is 0 Å². The summed E-state index contributed by atoms with van der Waals surface area (Å²) in [7, 11) is 0. The molecule has 7 heteroatoms. The van der Waals surface area contributed by atoms with Crippen molar-refractivity contribution in [3.8, 4) is 11.1 Å². The number of halogens is 3. The number of hydrogen-bond donors (Lipinski definition) is 1. The van der Waals surface area contributed by atoms with Crippen molar-refractivity contribution >= 4 is 6.09 Å². The summed E-state index contributed by atoms with van der Waals surface area (Å²) in [6.45, 7) is 3.03. The van der Waals surface area contributed by atoms with Crippen LogP contribution < -0.4 is 5.73 Å². The van der Waals surface area contributed by atoms with Gasteiger partial charge in [-0.25, -0.2) is 18.0 Å². The van der Waals surface area contributed by atoms with E-state index in [4.69, 9.17) is 10.5 Å². The van der Waals surface area contributed by atoms with Crippen molar-refractivity contribution in [1.29, 1.82) is 0 Å². The molecule has 0 saturated carbocycles. The third kappa shape index (κ3) is 6.58. The van der Waals surface area contributed by atoms with Crippen molar-refractivity contribution in [2.45, 2.75) is 31.9 Å². The molecule has 2 N–H and O–H groups in total. The SMILES string of the molecule is CC(c1ccc(-c2ccc(F)cc2F)cc1)N1CCC(CCN)OC1=O.Fc1ccccc1. The van der Waals surface area contributed by atoms with E-state index in [9.17, 15) is 18.0 Å². The summed E-state index contributed by atoms with van der Waals surface area (Å²) in [5, 5.41) is 0. The summed E-state index contributed by atoms with van der Waals surface area (Å²) in [4.78, 5) is 13.9. The first kappa shape index (κ1) is 24.3. The summed E-state index contributed by atoms with van der Waals surface area (Å²) in [5.41, 5.74) is 7.44. The quantitative estimate of drug-likeness (QED) is 0.506. The maximum atomic E-state index is 13.9. The van der Waals surface area contributed by atoms with Crippen LogP contribution in [0.4, 0.5) is 18.0 Å². The molecule has 1 amide bonds. The van der Waals surface area contributed by atoms with Crippen molar-refractivity contribution in [3.05, 3.63) is 95.8 Å². The van der Waals surface area contributed by atoms with Crippen LogP contribution in [-0.2, 0) is 4.74 Å². The minimum atomic E-state index is -0.604. The number of hydrogen-bond acceptors (Lipinski definition) is 3. The Morgan fingerprint density at radius 2 is 1.70 bits per heavy atom. The molecule has 0 bridgehead atoms. The van der Waals surface area contributed by atoms with Crippen LogP contribution >= 0.6 is 0 Å². The number of rotatable bonds is 5. The summed E-state index contributed by atoms with van der Waals surface area (Å²) in [5.74, 6) is -1.38. The smallest absolute Gasteiger partial charge is 0.410 e. The lowest BCUT2D eigenvalue weighted by Gasteiger charge is -2.35. The number of ether oxygens (including phenoxy) is 1. The molecule has 3 aromatic rings. The zero-order valence-corrected chi connectivity index (χ0v) is 18.4. The number of benzene rings is 3. The number of amides is 1. The van der Waals surface area contributed by atoms with E-state index >= 15 is 0 Å². The van der Waals surface area contributed by atoms with E-state index in [-0.39, 0.29) is 24.1 Å². The summed E-state index contributed by atoms with van der Waals surface area (Å²) in [6.07, 6.45) is 0.980. The van der Waals surface area contributed by atoms with E-state index in [2.05, 4.69) is 0 Å². The summed E-state index contributed by atoms with van der Waals surface area (Å²) >= 11 is 0. The fraction of sp³-hybridized carbons (Fsp3) is 0.269. The Balaban J connectivity index is 0.000000374. The molecule has 0 aromatic heterocycles. The van der Waals surface area contributed by atoms with Crippen molar-refractivity contribution in [1.82, 2.24) is 4.90 Å². The molecule has 2 unspecified atom stereocenters. The van der Waals surface area contributed by atoms with E-state index in [0.717, 1.165) is 18.1 Å². The van der Waals surface area contributed by atoms with Crippen LogP contribution in [0.3, 0.4) is 0 Å². The molecule has 1 fully saturated rings. The van der Waals surface area contributed by atoms with Gasteiger partial charge in [0, 0.05) is 24.6 Å². The van der Waals surface area contributed by atoms with E-state index in [1.165, 1.54) is 24.3 Å². The molecule has 1 aliphatic rings. The standard InChI is InChI=1S/C20H22F2N2O2.C6H5F/c1-13(24-11-9-17(8-10-23)26-20(24)25)14-2-4-15(5-3-14)18-7-6-16(21)12-19(18)22;7-6-4-2-1-3-5-6/h2-7,12-13,17H,8-11,23H2,1H3;1-5H. The zero-order valence-electron chi connectivity index (χ0n) is 18.4.